The van der Waals surface area contributed by atoms with E-state index in [0.29, 0.717) is 19.6 Å². The van der Waals surface area contributed by atoms with Crippen molar-refractivity contribution in [3.8, 4) is 0 Å². The summed E-state index contributed by atoms with van der Waals surface area (Å²) in [6.07, 6.45) is 3.84. The Kier molecular flexibility index (Phi) is 4.50. The lowest BCUT2D eigenvalue weighted by Gasteiger charge is -2.30. The first-order valence-corrected chi connectivity index (χ1v) is 7.69. The van der Waals surface area contributed by atoms with Crippen LogP contribution in [0.5, 0.6) is 0 Å². The van der Waals surface area contributed by atoms with E-state index in [1.54, 1.807) is 11.8 Å². The van der Waals surface area contributed by atoms with E-state index < -0.39 is 0 Å². The molecule has 2 amide bonds. The summed E-state index contributed by atoms with van der Waals surface area (Å²) in [5.41, 5.74) is 0. The number of fused-ring (bicyclic) bond motifs is 2. The van der Waals surface area contributed by atoms with Crippen molar-refractivity contribution in [2.45, 2.75) is 38.0 Å². The molecule has 2 bridgehead atoms. The monoisotopic (exact) mass is 272 g/mol. The predicted molar refractivity (Wildman–Crippen MR) is 70.5 cm³/mol. The molecular formula is C12H20N2O3S. The van der Waals surface area contributed by atoms with Gasteiger partial charge in [0.15, 0.2) is 0 Å². The second-order valence-electron chi connectivity index (χ2n) is 4.87. The Morgan fingerprint density at radius 2 is 2.33 bits per heavy atom. The smallest absolute Gasteiger partial charge is 0.245 e. The number of amides is 2. The molecule has 2 heterocycles. The standard InChI is InChI=1S/C12H20N2O3S/c1-8(15)13-11(3-4-18-2)12(16)14-6-10-5-9(14)7-17-10/h9-11H,3-7H2,1-2H3,(H,13,15)/t9-,10+,11-/m0/s1. The summed E-state index contributed by atoms with van der Waals surface area (Å²) in [5, 5.41) is 2.77. The lowest BCUT2D eigenvalue weighted by atomic mass is 10.1. The first kappa shape index (κ1) is 13.7. The zero-order valence-electron chi connectivity index (χ0n) is 10.8. The molecule has 0 spiro atoms. The van der Waals surface area contributed by atoms with Gasteiger partial charge < -0.3 is 15.0 Å². The maximum Gasteiger partial charge on any atom is 0.245 e. The summed E-state index contributed by atoms with van der Waals surface area (Å²) in [7, 11) is 0. The number of nitrogens with zero attached hydrogens (tertiary/aromatic N) is 1. The molecule has 0 aromatic carbocycles. The normalized spacial score (nSPS) is 27.3. The van der Waals surface area contributed by atoms with Crippen molar-refractivity contribution in [2.24, 2.45) is 0 Å². The van der Waals surface area contributed by atoms with E-state index in [2.05, 4.69) is 5.32 Å². The van der Waals surface area contributed by atoms with Crippen LogP contribution in [0.25, 0.3) is 0 Å². The highest BCUT2D eigenvalue weighted by Gasteiger charge is 2.43. The Morgan fingerprint density at radius 3 is 2.83 bits per heavy atom. The molecule has 3 atom stereocenters. The topological polar surface area (TPSA) is 58.6 Å². The predicted octanol–water partition coefficient (Wildman–Crippen LogP) is 0.244. The molecule has 6 heteroatoms. The number of likely N-dealkylation sites (tertiary alicyclic amines) is 1. The molecule has 2 aliphatic heterocycles. The minimum atomic E-state index is -0.380. The van der Waals surface area contributed by atoms with Crippen LogP contribution in [-0.2, 0) is 14.3 Å². The van der Waals surface area contributed by atoms with Crippen LogP contribution in [0.2, 0.25) is 0 Å². The summed E-state index contributed by atoms with van der Waals surface area (Å²) in [4.78, 5) is 25.5. The molecule has 0 aromatic heterocycles. The van der Waals surface area contributed by atoms with Gasteiger partial charge in [-0.2, -0.15) is 11.8 Å². The summed E-state index contributed by atoms with van der Waals surface area (Å²) in [6, 6.07) is -0.165. The highest BCUT2D eigenvalue weighted by Crippen LogP contribution is 2.28. The number of carbonyl (C=O) groups is 2. The van der Waals surface area contributed by atoms with Crippen LogP contribution in [0.15, 0.2) is 0 Å². The van der Waals surface area contributed by atoms with E-state index in [1.165, 1.54) is 6.92 Å². The largest absolute Gasteiger partial charge is 0.374 e. The van der Waals surface area contributed by atoms with Crippen molar-refractivity contribution in [1.29, 1.82) is 0 Å². The maximum absolute atomic E-state index is 12.4. The van der Waals surface area contributed by atoms with Gasteiger partial charge in [-0.25, -0.2) is 0 Å². The number of morpholine rings is 1. The number of rotatable bonds is 5. The molecule has 0 saturated carbocycles. The van der Waals surface area contributed by atoms with Crippen LogP contribution in [0.3, 0.4) is 0 Å². The van der Waals surface area contributed by atoms with Crippen molar-refractivity contribution in [1.82, 2.24) is 10.2 Å². The van der Waals surface area contributed by atoms with E-state index in [9.17, 15) is 9.59 Å². The summed E-state index contributed by atoms with van der Waals surface area (Å²) in [6.45, 7) is 2.78. The third-order valence-corrected chi connectivity index (χ3v) is 4.11. The molecule has 0 unspecified atom stereocenters. The molecule has 2 fully saturated rings. The van der Waals surface area contributed by atoms with Crippen LogP contribution < -0.4 is 5.32 Å². The number of hydrogen-bond acceptors (Lipinski definition) is 4. The van der Waals surface area contributed by atoms with Crippen molar-refractivity contribution in [2.75, 3.05) is 25.2 Å². The van der Waals surface area contributed by atoms with E-state index in [0.717, 1.165) is 12.2 Å². The highest BCUT2D eigenvalue weighted by molar-refractivity contribution is 7.98. The molecule has 1 N–H and O–H groups in total. The van der Waals surface area contributed by atoms with Gasteiger partial charge in [0.25, 0.3) is 0 Å². The van der Waals surface area contributed by atoms with Gasteiger partial charge in [-0.3, -0.25) is 9.59 Å². The molecule has 0 radical (unpaired) electrons. The Labute approximate surface area is 112 Å². The van der Waals surface area contributed by atoms with Crippen molar-refractivity contribution < 1.29 is 14.3 Å². The summed E-state index contributed by atoms with van der Waals surface area (Å²) in [5.74, 6) is 0.778. The van der Waals surface area contributed by atoms with E-state index in [4.69, 9.17) is 4.74 Å². The van der Waals surface area contributed by atoms with Crippen LogP contribution in [0, 0.1) is 0 Å². The van der Waals surface area contributed by atoms with E-state index in [1.807, 2.05) is 11.2 Å². The number of nitrogens with one attached hydrogen (secondary N) is 1. The lowest BCUT2D eigenvalue weighted by molar-refractivity contribution is -0.140. The average Bonchev–Trinajstić information content (AvgIpc) is 2.95. The fourth-order valence-corrected chi connectivity index (χ4v) is 3.08. The molecule has 0 aromatic rings. The Morgan fingerprint density at radius 1 is 1.56 bits per heavy atom. The van der Waals surface area contributed by atoms with Gasteiger partial charge in [-0.1, -0.05) is 0 Å². The van der Waals surface area contributed by atoms with Crippen LogP contribution >= 0.6 is 11.8 Å². The summed E-state index contributed by atoms with van der Waals surface area (Å²) >= 11 is 1.69. The van der Waals surface area contributed by atoms with Gasteiger partial charge in [0, 0.05) is 13.5 Å². The van der Waals surface area contributed by atoms with E-state index >= 15 is 0 Å². The van der Waals surface area contributed by atoms with Gasteiger partial charge >= 0.3 is 0 Å². The van der Waals surface area contributed by atoms with Gasteiger partial charge in [0.1, 0.15) is 6.04 Å². The fraction of sp³-hybridized carbons (Fsp3) is 0.833. The molecule has 5 nitrogen and oxygen atoms in total. The molecule has 102 valence electrons. The summed E-state index contributed by atoms with van der Waals surface area (Å²) < 4.78 is 5.49. The second kappa shape index (κ2) is 5.93. The Bertz CT molecular complexity index is 337. The lowest BCUT2D eigenvalue weighted by Crippen LogP contribution is -2.52. The van der Waals surface area contributed by atoms with Gasteiger partial charge in [-0.05, 0) is 24.9 Å². The Balaban J connectivity index is 1.96. The maximum atomic E-state index is 12.4. The number of hydrogen-bond donors (Lipinski definition) is 1. The van der Waals surface area contributed by atoms with Gasteiger partial charge in [0.2, 0.25) is 11.8 Å². The second-order valence-corrected chi connectivity index (χ2v) is 5.86. The first-order valence-electron chi connectivity index (χ1n) is 6.30. The molecule has 0 aliphatic carbocycles. The van der Waals surface area contributed by atoms with Gasteiger partial charge in [0.05, 0.1) is 18.8 Å². The van der Waals surface area contributed by atoms with Crippen molar-refractivity contribution in [3.05, 3.63) is 0 Å². The van der Waals surface area contributed by atoms with Crippen LogP contribution in [0.4, 0.5) is 0 Å². The molecule has 2 rings (SSSR count). The van der Waals surface area contributed by atoms with Crippen LogP contribution in [-0.4, -0.2) is 60.1 Å². The number of carbonyl (C=O) groups excluding carboxylic acids is 2. The zero-order chi connectivity index (χ0) is 13.1. The molecule has 18 heavy (non-hydrogen) atoms. The third-order valence-electron chi connectivity index (χ3n) is 3.47. The van der Waals surface area contributed by atoms with E-state index in [-0.39, 0.29) is 30.0 Å². The SMILES string of the molecule is CSCC[C@H](NC(C)=O)C(=O)N1C[C@H]2C[C@H]1CO2. The van der Waals surface area contributed by atoms with Crippen molar-refractivity contribution >= 4 is 23.6 Å². The Hall–Kier alpha value is -0.750. The fourth-order valence-electron chi connectivity index (χ4n) is 2.61. The quantitative estimate of drug-likeness (QED) is 0.779. The average molecular weight is 272 g/mol. The van der Waals surface area contributed by atoms with Crippen molar-refractivity contribution in [3.63, 3.8) is 0 Å². The molecule has 2 saturated heterocycles. The minimum absolute atomic E-state index is 0.0510. The zero-order valence-corrected chi connectivity index (χ0v) is 11.7. The number of thioether (sulfide) groups is 1. The minimum Gasteiger partial charge on any atom is -0.374 e. The van der Waals surface area contributed by atoms with Crippen LogP contribution in [0.1, 0.15) is 19.8 Å². The third kappa shape index (κ3) is 2.98. The highest BCUT2D eigenvalue weighted by atomic mass is 32.2. The molecular weight excluding hydrogens is 252 g/mol. The molecule has 2 aliphatic rings. The first-order chi connectivity index (χ1) is 8.61. The number of ether oxygens (including phenoxy) is 1. The van der Waals surface area contributed by atoms with Gasteiger partial charge in [-0.15, -0.1) is 0 Å².